The molecular formula is C39H48N2O7S. The summed E-state index contributed by atoms with van der Waals surface area (Å²) in [7, 11) is 0. The number of carbonyl (C=O) groups excluding carboxylic acids is 4. The van der Waals surface area contributed by atoms with Crippen molar-refractivity contribution in [2.24, 2.45) is 29.1 Å². The monoisotopic (exact) mass is 688 g/mol. The number of rotatable bonds is 6. The fraction of sp³-hybridized carbons (Fsp3) is 0.564. The average Bonchev–Trinajstić information content (AvgIpc) is 3.75. The largest absolute Gasteiger partial charge is 0.461 e. The molecule has 10 heteroatoms. The number of nitrogens with zero attached hydrogens (tertiary/aromatic N) is 2. The molecule has 3 saturated heterocycles. The molecule has 0 saturated carbocycles. The number of pyridine rings is 1. The summed E-state index contributed by atoms with van der Waals surface area (Å²) in [6.07, 6.45) is 4.80. The Bertz CT molecular complexity index is 1660. The van der Waals surface area contributed by atoms with Crippen molar-refractivity contribution < 1.29 is 33.4 Å². The van der Waals surface area contributed by atoms with E-state index < -0.39 is 58.3 Å². The molecule has 5 heterocycles. The van der Waals surface area contributed by atoms with Crippen LogP contribution >= 0.6 is 11.3 Å². The van der Waals surface area contributed by atoms with Crippen molar-refractivity contribution in [3.8, 4) is 22.4 Å². The smallest absolute Gasteiger partial charge is 0.324 e. The van der Waals surface area contributed by atoms with Crippen LogP contribution in [0.5, 0.6) is 0 Å². The van der Waals surface area contributed by atoms with E-state index in [-0.39, 0.29) is 37.2 Å². The minimum Gasteiger partial charge on any atom is -0.461 e. The SMILES string of the molecule is C=CCC(C)N1C[C@@]2(C)C(=O)[C@H](C)C[C@@](C)(OCC#Cc3ccc(-c4ccccn4)s3)C[C@@H](C)C(=O)[C@@H](C)C(=O)OC[C@@]3(C)OC(=O)[C@H]1C32. The second kappa shape index (κ2) is 14.3. The predicted octanol–water partition coefficient (Wildman–Crippen LogP) is 5.91. The molecule has 3 aliphatic heterocycles. The van der Waals surface area contributed by atoms with Gasteiger partial charge >= 0.3 is 11.9 Å². The Labute approximate surface area is 293 Å². The number of Topliss-reactive ketones (excluding diaryl/α,β-unsaturated/α-hetero) is 2. The molecule has 9 nitrogen and oxygen atoms in total. The van der Waals surface area contributed by atoms with Gasteiger partial charge in [-0.1, -0.05) is 44.8 Å². The van der Waals surface area contributed by atoms with E-state index in [9.17, 15) is 19.2 Å². The summed E-state index contributed by atoms with van der Waals surface area (Å²) >= 11 is 1.54. The molecule has 3 fully saturated rings. The van der Waals surface area contributed by atoms with E-state index in [1.54, 1.807) is 44.4 Å². The van der Waals surface area contributed by atoms with Crippen LogP contribution in [0.15, 0.2) is 49.2 Å². The lowest BCUT2D eigenvalue weighted by atomic mass is 9.64. The summed E-state index contributed by atoms with van der Waals surface area (Å²) < 4.78 is 18.2. The van der Waals surface area contributed by atoms with E-state index in [4.69, 9.17) is 14.2 Å². The molecule has 0 radical (unpaired) electrons. The molecule has 49 heavy (non-hydrogen) atoms. The Morgan fingerprint density at radius 2 is 1.82 bits per heavy atom. The highest BCUT2D eigenvalue weighted by molar-refractivity contribution is 7.16. The molecule has 0 N–H and O–H groups in total. The van der Waals surface area contributed by atoms with Crippen LogP contribution in [0.2, 0.25) is 0 Å². The summed E-state index contributed by atoms with van der Waals surface area (Å²) in [5, 5.41) is 0. The van der Waals surface area contributed by atoms with Gasteiger partial charge in [-0.15, -0.1) is 17.9 Å². The molecule has 2 aromatic heterocycles. The van der Waals surface area contributed by atoms with Crippen molar-refractivity contribution in [2.45, 2.75) is 91.0 Å². The molecule has 0 aromatic carbocycles. The number of ketones is 2. The molecule has 262 valence electrons. The Morgan fingerprint density at radius 3 is 2.51 bits per heavy atom. The average molecular weight is 689 g/mol. The van der Waals surface area contributed by atoms with Gasteiger partial charge in [0.25, 0.3) is 0 Å². The molecule has 9 atom stereocenters. The van der Waals surface area contributed by atoms with Gasteiger partial charge in [0, 0.05) is 42.0 Å². The first kappa shape index (κ1) is 36.6. The summed E-state index contributed by atoms with van der Waals surface area (Å²) in [5.41, 5.74) is -2.28. The standard InChI is InChI=1S/C39H48N2O7S/c1-9-13-26(4)41-22-38(7)33-31(41)36(45)48-39(33,8)23-46-35(44)27(5)32(42)24(2)20-37(6,21-25(3)34(38)43)47-19-12-14-28-16-17-30(49-28)29-15-10-11-18-40-29/h9-11,15-18,24-27,31,33H,1,13,19-23H2,2-8H3/t24-,25-,26?,27-,31-,33?,37+,38-,39-/m1/s1. The topological polar surface area (TPSA) is 112 Å². The molecule has 3 aliphatic rings. The number of esters is 2. The van der Waals surface area contributed by atoms with Gasteiger partial charge in [-0.05, 0) is 71.2 Å². The van der Waals surface area contributed by atoms with Crippen molar-refractivity contribution >= 4 is 34.8 Å². The van der Waals surface area contributed by atoms with E-state index in [1.165, 1.54) is 0 Å². The van der Waals surface area contributed by atoms with E-state index >= 15 is 0 Å². The van der Waals surface area contributed by atoms with Gasteiger partial charge in [0.15, 0.2) is 0 Å². The van der Waals surface area contributed by atoms with Gasteiger partial charge in [0.2, 0.25) is 0 Å². The van der Waals surface area contributed by atoms with E-state index in [2.05, 4.69) is 23.4 Å². The third kappa shape index (κ3) is 7.30. The van der Waals surface area contributed by atoms with Gasteiger partial charge in [0.1, 0.15) is 42.3 Å². The molecule has 2 aromatic rings. The van der Waals surface area contributed by atoms with Crippen LogP contribution in [0.4, 0.5) is 0 Å². The number of hydrogen-bond acceptors (Lipinski definition) is 10. The Kier molecular flexibility index (Phi) is 10.7. The van der Waals surface area contributed by atoms with Crippen LogP contribution < -0.4 is 0 Å². The normalized spacial score (nSPS) is 34.6. The van der Waals surface area contributed by atoms with Crippen LogP contribution in [-0.4, -0.2) is 76.4 Å². The van der Waals surface area contributed by atoms with Gasteiger partial charge < -0.3 is 14.2 Å². The summed E-state index contributed by atoms with van der Waals surface area (Å²) in [6.45, 7) is 16.9. The number of aromatic nitrogens is 1. The number of hydrogen-bond donors (Lipinski definition) is 0. The highest BCUT2D eigenvalue weighted by Gasteiger charge is 2.69. The van der Waals surface area contributed by atoms with Gasteiger partial charge in [0.05, 0.1) is 21.0 Å². The molecule has 0 bridgehead atoms. The molecule has 2 unspecified atom stereocenters. The molecule has 0 spiro atoms. The zero-order chi connectivity index (χ0) is 35.7. The lowest BCUT2D eigenvalue weighted by molar-refractivity contribution is -0.172. The van der Waals surface area contributed by atoms with Crippen LogP contribution in [0.25, 0.3) is 10.6 Å². The zero-order valence-corrected chi connectivity index (χ0v) is 30.4. The van der Waals surface area contributed by atoms with Crippen molar-refractivity contribution in [3.05, 3.63) is 54.1 Å². The zero-order valence-electron chi connectivity index (χ0n) is 29.6. The number of thiophene rings is 1. The molecule has 0 aliphatic carbocycles. The third-order valence-corrected chi connectivity index (χ3v) is 11.7. The summed E-state index contributed by atoms with van der Waals surface area (Å²) in [4.78, 5) is 63.4. The number of ether oxygens (including phenoxy) is 3. The molecule has 5 rings (SSSR count). The maximum absolute atomic E-state index is 14.7. The van der Waals surface area contributed by atoms with Crippen LogP contribution in [0, 0.1) is 40.9 Å². The highest BCUT2D eigenvalue weighted by atomic mass is 32.1. The highest BCUT2D eigenvalue weighted by Crippen LogP contribution is 2.55. The predicted molar refractivity (Wildman–Crippen MR) is 187 cm³/mol. The van der Waals surface area contributed by atoms with E-state index in [0.29, 0.717) is 19.4 Å². The third-order valence-electron chi connectivity index (χ3n) is 10.7. The Balaban J connectivity index is 1.44. The lowest BCUT2D eigenvalue weighted by Crippen LogP contribution is -2.52. The second-order valence-electron chi connectivity index (χ2n) is 14.8. The quantitative estimate of drug-likeness (QED) is 0.158. The van der Waals surface area contributed by atoms with Gasteiger partial charge in [-0.2, -0.15) is 0 Å². The van der Waals surface area contributed by atoms with E-state index in [0.717, 1.165) is 15.4 Å². The first-order valence-electron chi connectivity index (χ1n) is 17.1. The first-order valence-corrected chi connectivity index (χ1v) is 17.9. The van der Waals surface area contributed by atoms with Crippen molar-refractivity contribution in [3.63, 3.8) is 0 Å². The lowest BCUT2D eigenvalue weighted by Gasteiger charge is -2.41. The minimum atomic E-state index is -1.25. The summed E-state index contributed by atoms with van der Waals surface area (Å²) in [6, 6.07) is 8.97. The maximum Gasteiger partial charge on any atom is 0.324 e. The van der Waals surface area contributed by atoms with Crippen molar-refractivity contribution in [1.29, 1.82) is 0 Å². The van der Waals surface area contributed by atoms with Crippen LogP contribution in [-0.2, 0) is 33.4 Å². The van der Waals surface area contributed by atoms with Gasteiger partial charge in [-0.25, -0.2) is 0 Å². The second-order valence-corrected chi connectivity index (χ2v) is 15.9. The fourth-order valence-corrected chi connectivity index (χ4v) is 9.28. The maximum atomic E-state index is 14.7. The van der Waals surface area contributed by atoms with Crippen LogP contribution in [0.1, 0.15) is 72.6 Å². The van der Waals surface area contributed by atoms with Crippen LogP contribution in [0.3, 0.4) is 0 Å². The van der Waals surface area contributed by atoms with Crippen molar-refractivity contribution in [1.82, 2.24) is 9.88 Å². The molecule has 0 amide bonds. The number of likely N-dealkylation sites (tertiary alicyclic amines) is 1. The Morgan fingerprint density at radius 1 is 1.08 bits per heavy atom. The molecular weight excluding hydrogens is 641 g/mol. The number of carbonyl (C=O) groups is 4. The number of cyclic esters (lactones) is 1. The first-order chi connectivity index (χ1) is 23.1. The summed E-state index contributed by atoms with van der Waals surface area (Å²) in [5.74, 6) is 2.25. The van der Waals surface area contributed by atoms with Crippen molar-refractivity contribution in [2.75, 3.05) is 19.8 Å². The minimum absolute atomic E-state index is 0.0161. The van der Waals surface area contributed by atoms with Gasteiger partial charge in [-0.3, -0.25) is 29.1 Å². The van der Waals surface area contributed by atoms with E-state index in [1.807, 2.05) is 62.9 Å². The fourth-order valence-electron chi connectivity index (χ4n) is 8.43. The Hall–Kier alpha value is -3.65.